The van der Waals surface area contributed by atoms with Gasteiger partial charge in [0, 0.05) is 5.69 Å². The van der Waals surface area contributed by atoms with Crippen LogP contribution >= 0.6 is 24.0 Å². The number of aromatic carboxylic acids is 1. The predicted octanol–water partition coefficient (Wildman–Crippen LogP) is 3.53. The average molecular weight is 412 g/mol. The zero-order chi connectivity index (χ0) is 20.3. The van der Waals surface area contributed by atoms with Gasteiger partial charge in [-0.25, -0.2) is 4.79 Å². The molecule has 0 atom stereocenters. The summed E-state index contributed by atoms with van der Waals surface area (Å²) in [7, 11) is 0. The van der Waals surface area contributed by atoms with Gasteiger partial charge in [0.2, 0.25) is 5.91 Å². The normalized spacial score (nSPS) is 15.2. The summed E-state index contributed by atoms with van der Waals surface area (Å²) >= 11 is 6.40. The molecule has 1 heterocycles. The summed E-state index contributed by atoms with van der Waals surface area (Å²) in [4.78, 5) is 37.4. The molecule has 142 valence electrons. The summed E-state index contributed by atoms with van der Waals surface area (Å²) in [6.07, 6.45) is 1.75. The van der Waals surface area contributed by atoms with Gasteiger partial charge in [-0.05, 0) is 42.8 Å². The number of anilines is 1. The molecule has 3 rings (SSSR count). The van der Waals surface area contributed by atoms with Crippen molar-refractivity contribution in [2.24, 2.45) is 0 Å². The lowest BCUT2D eigenvalue weighted by Crippen LogP contribution is -2.36. The predicted molar refractivity (Wildman–Crippen MR) is 113 cm³/mol. The molecule has 28 heavy (non-hydrogen) atoms. The number of hydrogen-bond acceptors (Lipinski definition) is 5. The smallest absolute Gasteiger partial charge is 0.335 e. The maximum absolute atomic E-state index is 12.6. The fourth-order valence-electron chi connectivity index (χ4n) is 2.49. The van der Waals surface area contributed by atoms with Crippen molar-refractivity contribution in [1.29, 1.82) is 0 Å². The number of carbonyl (C=O) groups is 3. The van der Waals surface area contributed by atoms with E-state index in [9.17, 15) is 14.4 Å². The second-order valence-electron chi connectivity index (χ2n) is 6.11. The van der Waals surface area contributed by atoms with Crippen molar-refractivity contribution < 1.29 is 19.5 Å². The van der Waals surface area contributed by atoms with Crippen molar-refractivity contribution in [3.05, 3.63) is 70.1 Å². The molecule has 0 unspecified atom stereocenters. The van der Waals surface area contributed by atoms with Crippen molar-refractivity contribution in [3.8, 4) is 0 Å². The van der Waals surface area contributed by atoms with Gasteiger partial charge in [0.05, 0.1) is 10.5 Å². The van der Waals surface area contributed by atoms with Gasteiger partial charge in [-0.3, -0.25) is 14.5 Å². The van der Waals surface area contributed by atoms with E-state index in [-0.39, 0.29) is 18.0 Å². The first-order chi connectivity index (χ1) is 13.3. The van der Waals surface area contributed by atoms with E-state index in [2.05, 4.69) is 5.32 Å². The lowest BCUT2D eigenvalue weighted by molar-refractivity contribution is -0.126. The monoisotopic (exact) mass is 412 g/mol. The van der Waals surface area contributed by atoms with Crippen molar-refractivity contribution in [3.63, 3.8) is 0 Å². The minimum atomic E-state index is -1.05. The van der Waals surface area contributed by atoms with Gasteiger partial charge >= 0.3 is 5.97 Å². The van der Waals surface area contributed by atoms with Gasteiger partial charge in [-0.15, -0.1) is 0 Å². The van der Waals surface area contributed by atoms with E-state index in [1.54, 1.807) is 6.08 Å². The van der Waals surface area contributed by atoms with Crippen LogP contribution in [0.25, 0.3) is 6.08 Å². The molecule has 8 heteroatoms. The van der Waals surface area contributed by atoms with Crippen molar-refractivity contribution in [1.82, 2.24) is 4.90 Å². The summed E-state index contributed by atoms with van der Waals surface area (Å²) in [5.41, 5.74) is 2.57. The summed E-state index contributed by atoms with van der Waals surface area (Å²) in [5.74, 6) is -1.78. The molecule has 1 saturated heterocycles. The number of amides is 2. The number of nitrogens with one attached hydrogen (secondary N) is 1. The Kier molecular flexibility index (Phi) is 5.91. The van der Waals surface area contributed by atoms with Gasteiger partial charge in [0.15, 0.2) is 0 Å². The third-order valence-corrected chi connectivity index (χ3v) is 5.34. The molecule has 0 spiro atoms. The summed E-state index contributed by atoms with van der Waals surface area (Å²) in [6.45, 7) is 1.77. The Labute approximate surface area is 171 Å². The number of benzene rings is 2. The second kappa shape index (κ2) is 8.37. The standard InChI is InChI=1S/C20H16N2O4S2/c1-12-2-4-13(5-3-12)10-16-18(24)22(20(27)28-16)11-17(23)21-15-8-6-14(7-9-15)19(25)26/h2-10H,11H2,1H3,(H,21,23)(H,25,26)/b16-10-. The first-order valence-corrected chi connectivity index (χ1v) is 9.51. The molecule has 1 fully saturated rings. The number of thiocarbonyl (C=S) groups is 1. The molecule has 2 N–H and O–H groups in total. The highest BCUT2D eigenvalue weighted by Gasteiger charge is 2.33. The summed E-state index contributed by atoms with van der Waals surface area (Å²) < 4.78 is 0.319. The Morgan fingerprint density at radius 2 is 1.79 bits per heavy atom. The zero-order valence-corrected chi connectivity index (χ0v) is 16.5. The van der Waals surface area contributed by atoms with Crippen molar-refractivity contribution in [2.75, 3.05) is 11.9 Å². The number of rotatable bonds is 5. The molecule has 0 radical (unpaired) electrons. The number of aryl methyl sites for hydroxylation is 1. The van der Waals surface area contributed by atoms with Gasteiger partial charge in [0.1, 0.15) is 10.9 Å². The van der Waals surface area contributed by atoms with Crippen LogP contribution in [-0.4, -0.2) is 38.7 Å². The first-order valence-electron chi connectivity index (χ1n) is 8.29. The SMILES string of the molecule is Cc1ccc(/C=C2\SC(=S)N(CC(=O)Nc3ccc(C(=O)O)cc3)C2=O)cc1. The molecular formula is C20H16N2O4S2. The zero-order valence-electron chi connectivity index (χ0n) is 14.8. The third-order valence-electron chi connectivity index (χ3n) is 3.97. The largest absolute Gasteiger partial charge is 0.478 e. The number of hydrogen-bond donors (Lipinski definition) is 2. The Bertz CT molecular complexity index is 982. The molecular weight excluding hydrogens is 396 g/mol. The van der Waals surface area contributed by atoms with Crippen LogP contribution < -0.4 is 5.32 Å². The highest BCUT2D eigenvalue weighted by molar-refractivity contribution is 8.26. The molecule has 2 aromatic carbocycles. The van der Waals surface area contributed by atoms with E-state index in [1.165, 1.54) is 29.2 Å². The summed E-state index contributed by atoms with van der Waals surface area (Å²) in [5, 5.41) is 11.5. The minimum Gasteiger partial charge on any atom is -0.478 e. The minimum absolute atomic E-state index is 0.121. The van der Waals surface area contributed by atoms with E-state index in [4.69, 9.17) is 17.3 Å². The number of carboxylic acids is 1. The van der Waals surface area contributed by atoms with Crippen LogP contribution in [-0.2, 0) is 9.59 Å². The van der Waals surface area contributed by atoms with E-state index in [0.717, 1.165) is 22.9 Å². The number of thioether (sulfide) groups is 1. The Hall–Kier alpha value is -2.97. The quantitative estimate of drug-likeness (QED) is 0.577. The van der Waals surface area contributed by atoms with Crippen LogP contribution in [0.5, 0.6) is 0 Å². The van der Waals surface area contributed by atoms with Crippen LogP contribution in [0.1, 0.15) is 21.5 Å². The van der Waals surface area contributed by atoms with Crippen LogP contribution in [0.15, 0.2) is 53.4 Å². The first kappa shape index (κ1) is 19.8. The second-order valence-corrected chi connectivity index (χ2v) is 7.78. The lowest BCUT2D eigenvalue weighted by Gasteiger charge is -2.14. The molecule has 0 saturated carbocycles. The Balaban J connectivity index is 1.65. The van der Waals surface area contributed by atoms with Crippen molar-refractivity contribution >= 4 is 57.8 Å². The maximum atomic E-state index is 12.6. The highest BCUT2D eigenvalue weighted by atomic mass is 32.2. The van der Waals surface area contributed by atoms with Gasteiger partial charge in [-0.2, -0.15) is 0 Å². The Morgan fingerprint density at radius 3 is 2.39 bits per heavy atom. The van der Waals surface area contributed by atoms with Crippen LogP contribution in [0.3, 0.4) is 0 Å². The fraction of sp³-hybridized carbons (Fsp3) is 0.100. The highest BCUT2D eigenvalue weighted by Crippen LogP contribution is 2.32. The molecule has 0 bridgehead atoms. The van der Waals surface area contributed by atoms with Crippen LogP contribution in [0.4, 0.5) is 5.69 Å². The number of carboxylic acid groups (broad SMARTS) is 1. The number of carbonyl (C=O) groups excluding carboxylic acids is 2. The molecule has 2 amide bonds. The van der Waals surface area contributed by atoms with E-state index >= 15 is 0 Å². The van der Waals surface area contributed by atoms with E-state index in [1.807, 2.05) is 31.2 Å². The van der Waals surface area contributed by atoms with Gasteiger partial charge in [-0.1, -0.05) is 53.8 Å². The topological polar surface area (TPSA) is 86.7 Å². The fourth-order valence-corrected chi connectivity index (χ4v) is 3.75. The lowest BCUT2D eigenvalue weighted by atomic mass is 10.1. The number of nitrogens with zero attached hydrogens (tertiary/aromatic N) is 1. The van der Waals surface area contributed by atoms with Crippen LogP contribution in [0, 0.1) is 6.92 Å². The molecule has 1 aliphatic rings. The molecule has 0 aliphatic carbocycles. The maximum Gasteiger partial charge on any atom is 0.335 e. The van der Waals surface area contributed by atoms with E-state index in [0.29, 0.717) is 14.9 Å². The summed E-state index contributed by atoms with van der Waals surface area (Å²) in [6, 6.07) is 13.5. The molecule has 6 nitrogen and oxygen atoms in total. The molecule has 0 aromatic heterocycles. The van der Waals surface area contributed by atoms with Gasteiger partial charge in [0.25, 0.3) is 5.91 Å². The van der Waals surface area contributed by atoms with Gasteiger partial charge < -0.3 is 10.4 Å². The third kappa shape index (κ3) is 4.65. The van der Waals surface area contributed by atoms with Crippen molar-refractivity contribution in [2.45, 2.75) is 6.92 Å². The van der Waals surface area contributed by atoms with E-state index < -0.39 is 11.9 Å². The van der Waals surface area contributed by atoms with Crippen LogP contribution in [0.2, 0.25) is 0 Å². The molecule has 1 aliphatic heterocycles. The molecule has 2 aromatic rings. The Morgan fingerprint density at radius 1 is 1.14 bits per heavy atom. The average Bonchev–Trinajstić information content (AvgIpc) is 2.91.